The van der Waals surface area contributed by atoms with Crippen molar-refractivity contribution >= 4 is 27.5 Å². The van der Waals surface area contributed by atoms with E-state index in [-0.39, 0.29) is 27.1 Å². The first-order chi connectivity index (χ1) is 11.8. The molecule has 0 saturated carbocycles. The summed E-state index contributed by atoms with van der Waals surface area (Å²) < 4.78 is 33.2. The maximum Gasteiger partial charge on any atom is 0.257 e. The molecule has 1 aliphatic heterocycles. The molecule has 2 N–H and O–H groups in total. The van der Waals surface area contributed by atoms with Gasteiger partial charge in [0.1, 0.15) is 4.90 Å². The van der Waals surface area contributed by atoms with Gasteiger partial charge < -0.3 is 15.0 Å². The van der Waals surface area contributed by atoms with Gasteiger partial charge in [-0.25, -0.2) is 13.1 Å². The summed E-state index contributed by atoms with van der Waals surface area (Å²) in [5, 5.41) is 3.48. The molecule has 9 heteroatoms. The van der Waals surface area contributed by atoms with Gasteiger partial charge in [-0.3, -0.25) is 4.79 Å². The van der Waals surface area contributed by atoms with Gasteiger partial charge in [-0.1, -0.05) is 11.6 Å². The van der Waals surface area contributed by atoms with Gasteiger partial charge >= 0.3 is 0 Å². The second-order valence-corrected chi connectivity index (χ2v) is 8.34. The van der Waals surface area contributed by atoms with Gasteiger partial charge in [-0.2, -0.15) is 0 Å². The highest BCUT2D eigenvalue weighted by Crippen LogP contribution is 2.32. The van der Waals surface area contributed by atoms with Gasteiger partial charge in [0.05, 0.1) is 12.7 Å². The first-order valence-electron chi connectivity index (χ1n) is 8.08. The number of carbonyl (C=O) groups excluding carboxylic acids is 1. The van der Waals surface area contributed by atoms with Gasteiger partial charge in [-0.15, -0.1) is 0 Å². The fourth-order valence-corrected chi connectivity index (χ4v) is 4.37. The number of hydrogen-bond donors (Lipinski definition) is 2. The van der Waals surface area contributed by atoms with Gasteiger partial charge in [0.15, 0.2) is 5.75 Å². The van der Waals surface area contributed by atoms with Crippen LogP contribution in [0.3, 0.4) is 0 Å². The maximum absolute atomic E-state index is 12.7. The van der Waals surface area contributed by atoms with Crippen LogP contribution in [0.2, 0.25) is 5.02 Å². The maximum atomic E-state index is 12.7. The van der Waals surface area contributed by atoms with E-state index in [0.717, 1.165) is 19.4 Å². The number of halogens is 1. The average Bonchev–Trinajstić information content (AvgIpc) is 3.06. The van der Waals surface area contributed by atoms with Crippen LogP contribution in [0.25, 0.3) is 0 Å². The summed E-state index contributed by atoms with van der Waals surface area (Å²) >= 11 is 6.04. The highest BCUT2D eigenvalue weighted by Gasteiger charge is 2.26. The van der Waals surface area contributed by atoms with Crippen molar-refractivity contribution in [2.24, 2.45) is 0 Å². The van der Waals surface area contributed by atoms with Gasteiger partial charge in [-0.05, 0) is 37.9 Å². The third-order valence-corrected chi connectivity index (χ3v) is 5.78. The molecule has 2 rings (SSSR count). The molecule has 0 unspecified atom stereocenters. The molecule has 140 valence electrons. The molecule has 1 aromatic carbocycles. The van der Waals surface area contributed by atoms with Crippen molar-refractivity contribution in [3.8, 4) is 5.75 Å². The van der Waals surface area contributed by atoms with Gasteiger partial charge in [0.2, 0.25) is 10.0 Å². The van der Waals surface area contributed by atoms with E-state index in [9.17, 15) is 13.2 Å². The summed E-state index contributed by atoms with van der Waals surface area (Å²) in [6.07, 6.45) is 2.85. The lowest BCUT2D eigenvalue weighted by atomic mass is 10.2. The molecule has 1 aromatic rings. The Hall–Kier alpha value is -1.35. The van der Waals surface area contributed by atoms with Crippen LogP contribution in [0.15, 0.2) is 17.0 Å². The highest BCUT2D eigenvalue weighted by molar-refractivity contribution is 7.89. The number of amides is 1. The molecule has 0 aliphatic carbocycles. The summed E-state index contributed by atoms with van der Waals surface area (Å²) in [6, 6.07) is 3.03. The summed E-state index contributed by atoms with van der Waals surface area (Å²) in [4.78, 5) is 13.5. The molecule has 0 bridgehead atoms. The minimum atomic E-state index is -3.86. The van der Waals surface area contributed by atoms with E-state index >= 15 is 0 Å². The Kier molecular flexibility index (Phi) is 6.67. The zero-order valence-electron chi connectivity index (χ0n) is 14.6. The van der Waals surface area contributed by atoms with Crippen LogP contribution in [0, 0.1) is 0 Å². The molecule has 1 saturated heterocycles. The van der Waals surface area contributed by atoms with Gasteiger partial charge in [0.25, 0.3) is 5.91 Å². The van der Waals surface area contributed by atoms with E-state index in [0.29, 0.717) is 19.0 Å². The smallest absolute Gasteiger partial charge is 0.257 e. The molecule has 1 aliphatic rings. The number of sulfonamides is 1. The van der Waals surface area contributed by atoms with Crippen LogP contribution in [0.5, 0.6) is 5.75 Å². The lowest BCUT2D eigenvalue weighted by Crippen LogP contribution is -2.31. The molecule has 0 spiro atoms. The van der Waals surface area contributed by atoms with Crippen molar-refractivity contribution in [1.29, 1.82) is 0 Å². The summed E-state index contributed by atoms with van der Waals surface area (Å²) in [5.74, 6) is -0.388. The van der Waals surface area contributed by atoms with E-state index in [2.05, 4.69) is 10.0 Å². The fourth-order valence-electron chi connectivity index (χ4n) is 2.83. The lowest BCUT2D eigenvalue weighted by Gasteiger charge is -2.18. The Labute approximate surface area is 153 Å². The summed E-state index contributed by atoms with van der Waals surface area (Å²) in [6.45, 7) is 1.27. The Morgan fingerprint density at radius 3 is 2.72 bits per heavy atom. The fraction of sp³-hybridized carbons (Fsp3) is 0.562. The van der Waals surface area contributed by atoms with Crippen molar-refractivity contribution in [3.63, 3.8) is 0 Å². The van der Waals surface area contributed by atoms with Crippen molar-refractivity contribution in [1.82, 2.24) is 14.9 Å². The standard InChI is InChI=1S/C16H24ClN3O4S/c1-20(2)16(21)13-9-11(17)10-14(15(13)24-3)25(22,23)19-8-6-12-5-4-7-18-12/h9-10,12,18-19H,4-8H2,1-3H3/t12-/m1/s1. The predicted molar refractivity (Wildman–Crippen MR) is 96.9 cm³/mol. The average molecular weight is 390 g/mol. The molecule has 1 amide bonds. The molecular weight excluding hydrogens is 366 g/mol. The number of hydrogen-bond acceptors (Lipinski definition) is 5. The Morgan fingerprint density at radius 2 is 2.16 bits per heavy atom. The van der Waals surface area contributed by atoms with E-state index in [1.807, 2.05) is 0 Å². The molecule has 1 heterocycles. The Balaban J connectivity index is 2.27. The van der Waals surface area contributed by atoms with E-state index in [4.69, 9.17) is 16.3 Å². The SMILES string of the molecule is COc1c(C(=O)N(C)C)cc(Cl)cc1S(=O)(=O)NCC[C@H]1CCCN1. The molecule has 25 heavy (non-hydrogen) atoms. The molecule has 1 atom stereocenters. The quantitative estimate of drug-likeness (QED) is 0.737. The number of methoxy groups -OCH3 is 1. The van der Waals surface area contributed by atoms with Gasteiger partial charge in [0, 0.05) is 31.7 Å². The first kappa shape index (κ1) is 20.0. The summed E-state index contributed by atoms with van der Waals surface area (Å²) in [7, 11) is 0.620. The predicted octanol–water partition coefficient (Wildman–Crippen LogP) is 1.47. The van der Waals surface area contributed by atoms with Crippen LogP contribution in [0.1, 0.15) is 29.6 Å². The molecule has 0 aromatic heterocycles. The number of nitrogens with one attached hydrogen (secondary N) is 2. The second kappa shape index (κ2) is 8.35. The second-order valence-electron chi connectivity index (χ2n) is 6.16. The monoisotopic (exact) mass is 389 g/mol. The number of rotatable bonds is 7. The molecule has 1 fully saturated rings. The topological polar surface area (TPSA) is 87.7 Å². The van der Waals surface area contributed by atoms with Crippen LogP contribution < -0.4 is 14.8 Å². The Morgan fingerprint density at radius 1 is 1.44 bits per heavy atom. The van der Waals surface area contributed by atoms with Crippen LogP contribution in [-0.2, 0) is 10.0 Å². The van der Waals surface area contributed by atoms with Crippen LogP contribution >= 0.6 is 11.6 Å². The van der Waals surface area contributed by atoms with Crippen LogP contribution in [-0.4, -0.2) is 59.6 Å². The number of benzene rings is 1. The number of carbonyl (C=O) groups is 1. The third kappa shape index (κ3) is 4.84. The minimum absolute atomic E-state index is 0.00501. The number of nitrogens with zero attached hydrogens (tertiary/aromatic N) is 1. The zero-order chi connectivity index (χ0) is 18.6. The first-order valence-corrected chi connectivity index (χ1v) is 9.94. The van der Waals surface area contributed by atoms with Crippen molar-refractivity contribution in [2.75, 3.05) is 34.3 Å². The van der Waals surface area contributed by atoms with Crippen molar-refractivity contribution < 1.29 is 17.9 Å². The molecular formula is C16H24ClN3O4S. The molecule has 7 nitrogen and oxygen atoms in total. The summed E-state index contributed by atoms with van der Waals surface area (Å²) in [5.41, 5.74) is 0.109. The van der Waals surface area contributed by atoms with E-state index in [1.54, 1.807) is 14.1 Å². The van der Waals surface area contributed by atoms with E-state index < -0.39 is 10.0 Å². The lowest BCUT2D eigenvalue weighted by molar-refractivity contribution is 0.0824. The van der Waals surface area contributed by atoms with Crippen molar-refractivity contribution in [3.05, 3.63) is 22.7 Å². The normalized spacial score (nSPS) is 17.5. The Bertz CT molecular complexity index is 731. The minimum Gasteiger partial charge on any atom is -0.494 e. The largest absolute Gasteiger partial charge is 0.494 e. The zero-order valence-corrected chi connectivity index (χ0v) is 16.2. The molecule has 0 radical (unpaired) electrons. The van der Waals surface area contributed by atoms with Crippen LogP contribution in [0.4, 0.5) is 0 Å². The van der Waals surface area contributed by atoms with E-state index in [1.165, 1.54) is 24.1 Å². The number of ether oxygens (including phenoxy) is 1. The third-order valence-electron chi connectivity index (χ3n) is 4.10. The highest BCUT2D eigenvalue weighted by atomic mass is 35.5. The van der Waals surface area contributed by atoms with Crippen molar-refractivity contribution in [2.45, 2.75) is 30.2 Å².